The van der Waals surface area contributed by atoms with Crippen molar-refractivity contribution >= 4 is 43.7 Å². The maximum absolute atomic E-state index is 6.51. The average Bonchev–Trinajstić information content (AvgIpc) is 3.91. The summed E-state index contributed by atoms with van der Waals surface area (Å²) in [6.07, 6.45) is 0. The Morgan fingerprint density at radius 1 is 0.424 bits per heavy atom. The van der Waals surface area contributed by atoms with Gasteiger partial charge in [-0.05, 0) is 81.9 Å². The van der Waals surface area contributed by atoms with Crippen LogP contribution in [-0.2, 0) is 5.41 Å². The molecule has 11 aromatic rings. The Morgan fingerprint density at radius 3 is 1.85 bits per heavy atom. The molecule has 59 heavy (non-hydrogen) atoms. The number of furan rings is 1. The van der Waals surface area contributed by atoms with Crippen molar-refractivity contribution in [3.05, 3.63) is 193 Å². The first-order chi connectivity index (χ1) is 29.0. The number of aromatic nitrogens is 4. The van der Waals surface area contributed by atoms with Gasteiger partial charge in [0, 0.05) is 44.0 Å². The Labute approximate surface area is 340 Å². The van der Waals surface area contributed by atoms with Gasteiger partial charge in [0.25, 0.3) is 0 Å². The first kappa shape index (κ1) is 33.5. The number of rotatable bonds is 5. The fourth-order valence-electron chi connectivity index (χ4n) is 9.38. The van der Waals surface area contributed by atoms with Gasteiger partial charge in [-0.1, -0.05) is 147 Å². The largest absolute Gasteiger partial charge is 0.456 e. The minimum Gasteiger partial charge on any atom is -0.456 e. The minimum absolute atomic E-state index is 0.159. The molecule has 3 heterocycles. The molecule has 5 heteroatoms. The third-order valence-electron chi connectivity index (χ3n) is 12.2. The molecule has 0 aliphatic heterocycles. The zero-order valence-electron chi connectivity index (χ0n) is 32.5. The smallest absolute Gasteiger partial charge is 0.164 e. The van der Waals surface area contributed by atoms with Crippen LogP contribution in [0.3, 0.4) is 0 Å². The summed E-state index contributed by atoms with van der Waals surface area (Å²) in [4.78, 5) is 15.4. The van der Waals surface area contributed by atoms with Crippen LogP contribution in [0.15, 0.2) is 186 Å². The van der Waals surface area contributed by atoms with Crippen molar-refractivity contribution < 1.29 is 4.42 Å². The molecule has 5 nitrogen and oxygen atoms in total. The van der Waals surface area contributed by atoms with Crippen LogP contribution in [0.1, 0.15) is 25.0 Å². The Hall–Kier alpha value is -7.63. The van der Waals surface area contributed by atoms with E-state index in [9.17, 15) is 0 Å². The van der Waals surface area contributed by atoms with E-state index in [-0.39, 0.29) is 5.41 Å². The third kappa shape index (κ3) is 5.14. The Kier molecular flexibility index (Phi) is 7.20. The second-order valence-corrected chi connectivity index (χ2v) is 16.0. The number of benzene rings is 8. The molecule has 0 unspecified atom stereocenters. The highest BCUT2D eigenvalue weighted by Crippen LogP contribution is 2.52. The highest BCUT2D eigenvalue weighted by Gasteiger charge is 2.36. The molecule has 3 aromatic heterocycles. The van der Waals surface area contributed by atoms with E-state index in [4.69, 9.17) is 19.4 Å². The molecule has 0 saturated heterocycles. The fraction of sp³-hybridized carbons (Fsp3) is 0.0556. The van der Waals surface area contributed by atoms with Gasteiger partial charge in [0.15, 0.2) is 17.5 Å². The Morgan fingerprint density at radius 2 is 1.05 bits per heavy atom. The predicted molar refractivity (Wildman–Crippen MR) is 241 cm³/mol. The monoisotopic (exact) mass is 756 g/mol. The third-order valence-corrected chi connectivity index (χ3v) is 12.2. The van der Waals surface area contributed by atoms with Crippen molar-refractivity contribution in [3.63, 3.8) is 0 Å². The molecule has 0 atom stereocenters. The summed E-state index contributed by atoms with van der Waals surface area (Å²) in [5.41, 5.74) is 15.2. The topological polar surface area (TPSA) is 56.7 Å². The average molecular weight is 757 g/mol. The first-order valence-electron chi connectivity index (χ1n) is 20.1. The van der Waals surface area contributed by atoms with Gasteiger partial charge in [-0.15, -0.1) is 0 Å². The summed E-state index contributed by atoms with van der Waals surface area (Å²) in [5, 5.41) is 4.59. The van der Waals surface area contributed by atoms with Crippen LogP contribution in [0.5, 0.6) is 0 Å². The molecule has 0 spiro atoms. The molecule has 12 rings (SSSR count). The zero-order chi connectivity index (χ0) is 39.2. The predicted octanol–water partition coefficient (Wildman–Crippen LogP) is 13.8. The van der Waals surface area contributed by atoms with Gasteiger partial charge in [-0.3, -0.25) is 0 Å². The van der Waals surface area contributed by atoms with Gasteiger partial charge in [-0.25, -0.2) is 15.0 Å². The SMILES string of the molecule is CC1(C)c2ccccc2-c2cc3c4ccc5oc6ccccc6c5c4n(-c4cccc(-c5nc(-c6ccccc6)nc(-c6cccc(-c7ccccc7)c6)n5)c4)c3cc21. The highest BCUT2D eigenvalue weighted by molar-refractivity contribution is 6.25. The molecule has 0 radical (unpaired) electrons. The van der Waals surface area contributed by atoms with Gasteiger partial charge in [0.05, 0.1) is 16.4 Å². The summed E-state index contributed by atoms with van der Waals surface area (Å²) >= 11 is 0. The number of para-hydroxylation sites is 1. The van der Waals surface area contributed by atoms with Crippen molar-refractivity contribution in [2.75, 3.05) is 0 Å². The maximum atomic E-state index is 6.51. The van der Waals surface area contributed by atoms with E-state index in [1.807, 2.05) is 30.3 Å². The van der Waals surface area contributed by atoms with E-state index >= 15 is 0 Å². The second kappa shape index (κ2) is 12.7. The summed E-state index contributed by atoms with van der Waals surface area (Å²) in [6, 6.07) is 64.1. The maximum Gasteiger partial charge on any atom is 0.164 e. The quantitative estimate of drug-likeness (QED) is 0.175. The summed E-state index contributed by atoms with van der Waals surface area (Å²) < 4.78 is 8.94. The van der Waals surface area contributed by atoms with Gasteiger partial charge in [-0.2, -0.15) is 0 Å². The molecule has 0 N–H and O–H groups in total. The molecule has 8 aromatic carbocycles. The van der Waals surface area contributed by atoms with E-state index in [0.29, 0.717) is 17.5 Å². The first-order valence-corrected chi connectivity index (χ1v) is 20.1. The van der Waals surface area contributed by atoms with E-state index in [0.717, 1.165) is 66.5 Å². The normalized spacial score (nSPS) is 13.1. The van der Waals surface area contributed by atoms with Crippen LogP contribution in [0.4, 0.5) is 0 Å². The van der Waals surface area contributed by atoms with E-state index < -0.39 is 0 Å². The summed E-state index contributed by atoms with van der Waals surface area (Å²) in [5.74, 6) is 1.86. The number of hydrogen-bond donors (Lipinski definition) is 0. The number of nitrogens with zero attached hydrogens (tertiary/aromatic N) is 4. The standard InChI is InChI=1S/C54H36N4O/c1-54(2)44-25-11-9-23-39(44)42-31-43-40-27-28-48-49(41-24-10-12-26-47(41)59-48)50(40)58(46(43)32-45(42)54)38-22-14-21-37(30-38)53-56-51(34-17-7-4-8-18-34)55-52(57-53)36-20-13-19-35(29-36)33-15-5-3-6-16-33/h3-32H,1-2H3. The van der Waals surface area contributed by atoms with Crippen LogP contribution in [0.25, 0.3) is 106 Å². The van der Waals surface area contributed by atoms with E-state index in [1.165, 1.54) is 33.0 Å². The molecular weight excluding hydrogens is 721 g/mol. The van der Waals surface area contributed by atoms with Crippen LogP contribution in [-0.4, -0.2) is 19.5 Å². The molecule has 0 fully saturated rings. The van der Waals surface area contributed by atoms with Gasteiger partial charge < -0.3 is 8.98 Å². The van der Waals surface area contributed by atoms with E-state index in [1.54, 1.807) is 0 Å². The summed E-state index contributed by atoms with van der Waals surface area (Å²) in [6.45, 7) is 4.69. The number of hydrogen-bond acceptors (Lipinski definition) is 4. The van der Waals surface area contributed by atoms with Crippen LogP contribution >= 0.6 is 0 Å². The van der Waals surface area contributed by atoms with Crippen molar-refractivity contribution in [3.8, 4) is 62.1 Å². The molecule has 1 aliphatic carbocycles. The Bertz CT molecular complexity index is 3470. The van der Waals surface area contributed by atoms with Crippen LogP contribution in [0.2, 0.25) is 0 Å². The van der Waals surface area contributed by atoms with Gasteiger partial charge >= 0.3 is 0 Å². The molecule has 1 aliphatic rings. The zero-order valence-corrected chi connectivity index (χ0v) is 32.5. The van der Waals surface area contributed by atoms with Crippen molar-refractivity contribution in [2.45, 2.75) is 19.3 Å². The van der Waals surface area contributed by atoms with E-state index in [2.05, 4.69) is 170 Å². The van der Waals surface area contributed by atoms with Gasteiger partial charge in [0.2, 0.25) is 0 Å². The van der Waals surface area contributed by atoms with Crippen LogP contribution in [0, 0.1) is 0 Å². The second-order valence-electron chi connectivity index (χ2n) is 16.0. The Balaban J connectivity index is 1.11. The fourth-order valence-corrected chi connectivity index (χ4v) is 9.38. The lowest BCUT2D eigenvalue weighted by molar-refractivity contribution is 0.661. The molecule has 0 bridgehead atoms. The lowest BCUT2D eigenvalue weighted by Crippen LogP contribution is -2.14. The summed E-state index contributed by atoms with van der Waals surface area (Å²) in [7, 11) is 0. The lowest BCUT2D eigenvalue weighted by Gasteiger charge is -2.21. The minimum atomic E-state index is -0.159. The highest BCUT2D eigenvalue weighted by atomic mass is 16.3. The van der Waals surface area contributed by atoms with Crippen molar-refractivity contribution in [1.82, 2.24) is 19.5 Å². The molecule has 0 saturated carbocycles. The molecule has 0 amide bonds. The number of fused-ring (bicyclic) bond motifs is 10. The van der Waals surface area contributed by atoms with Crippen molar-refractivity contribution in [1.29, 1.82) is 0 Å². The molecular formula is C54H36N4O. The van der Waals surface area contributed by atoms with Crippen LogP contribution < -0.4 is 0 Å². The lowest BCUT2D eigenvalue weighted by atomic mass is 9.82. The van der Waals surface area contributed by atoms with Gasteiger partial charge in [0.1, 0.15) is 11.2 Å². The van der Waals surface area contributed by atoms with Crippen molar-refractivity contribution in [2.24, 2.45) is 0 Å². The molecule has 278 valence electrons.